The van der Waals surface area contributed by atoms with E-state index >= 15 is 0 Å². The number of carbonyl (C=O) groups is 1. The summed E-state index contributed by atoms with van der Waals surface area (Å²) >= 11 is 0. The SMILES string of the molecule is CC1CN(C(=O)c2ccon2)CCN1C1CC(C/C=C2/C=C(c3cnc(COC4CCCC4)nc3)C=CN2N)C1. The van der Waals surface area contributed by atoms with E-state index in [4.69, 9.17) is 15.1 Å². The molecule has 0 spiro atoms. The minimum atomic E-state index is -0.0468. The van der Waals surface area contributed by atoms with Crippen molar-refractivity contribution in [3.05, 3.63) is 71.9 Å². The molecule has 3 fully saturated rings. The normalized spacial score (nSPS) is 26.8. The maximum atomic E-state index is 12.6. The van der Waals surface area contributed by atoms with Crippen LogP contribution in [-0.2, 0) is 11.3 Å². The van der Waals surface area contributed by atoms with E-state index in [0.29, 0.717) is 36.4 Å². The number of nitrogens with zero attached hydrogens (tertiary/aromatic N) is 6. The summed E-state index contributed by atoms with van der Waals surface area (Å²) in [4.78, 5) is 26.1. The van der Waals surface area contributed by atoms with Crippen LogP contribution < -0.4 is 5.84 Å². The molecule has 10 heteroatoms. The molecule has 4 aliphatic rings. The summed E-state index contributed by atoms with van der Waals surface area (Å²) < 4.78 is 10.8. The van der Waals surface area contributed by atoms with Gasteiger partial charge in [-0.15, -0.1) is 0 Å². The minimum Gasteiger partial charge on any atom is -0.370 e. The van der Waals surface area contributed by atoms with Crippen LogP contribution in [0.3, 0.4) is 0 Å². The Morgan fingerprint density at radius 1 is 1.20 bits per heavy atom. The van der Waals surface area contributed by atoms with Crippen molar-refractivity contribution in [1.82, 2.24) is 29.9 Å². The number of nitrogens with two attached hydrogens (primary N) is 1. The first-order chi connectivity index (χ1) is 19.5. The highest BCUT2D eigenvalue weighted by Gasteiger charge is 2.38. The maximum absolute atomic E-state index is 12.6. The molecule has 2 N–H and O–H groups in total. The third kappa shape index (κ3) is 6.04. The molecule has 40 heavy (non-hydrogen) atoms. The molecule has 2 aliphatic carbocycles. The van der Waals surface area contributed by atoms with Gasteiger partial charge >= 0.3 is 0 Å². The molecule has 1 amide bonds. The lowest BCUT2D eigenvalue weighted by Gasteiger charge is -2.49. The van der Waals surface area contributed by atoms with Crippen LogP contribution in [0.4, 0.5) is 0 Å². The Balaban J connectivity index is 0.986. The number of hydrazine groups is 1. The van der Waals surface area contributed by atoms with Crippen molar-refractivity contribution in [1.29, 1.82) is 0 Å². The Hall–Kier alpha value is -3.34. The van der Waals surface area contributed by atoms with Crippen LogP contribution in [-0.4, -0.2) is 73.7 Å². The Morgan fingerprint density at radius 2 is 2.00 bits per heavy atom. The van der Waals surface area contributed by atoms with E-state index in [1.807, 2.05) is 29.6 Å². The van der Waals surface area contributed by atoms with Gasteiger partial charge in [-0.05, 0) is 62.7 Å². The van der Waals surface area contributed by atoms with Gasteiger partial charge in [-0.25, -0.2) is 15.8 Å². The van der Waals surface area contributed by atoms with Crippen LogP contribution in [0, 0.1) is 5.92 Å². The van der Waals surface area contributed by atoms with E-state index < -0.39 is 0 Å². The molecule has 0 aromatic carbocycles. The first-order valence-corrected chi connectivity index (χ1v) is 14.6. The lowest BCUT2D eigenvalue weighted by molar-refractivity contribution is 0.000231. The highest BCUT2D eigenvalue weighted by molar-refractivity contribution is 5.92. The summed E-state index contributed by atoms with van der Waals surface area (Å²) in [5, 5.41) is 5.48. The number of aromatic nitrogens is 3. The van der Waals surface area contributed by atoms with Crippen LogP contribution in [0.15, 0.2) is 59.4 Å². The molecule has 0 radical (unpaired) electrons. The van der Waals surface area contributed by atoms with Gasteiger partial charge in [-0.2, -0.15) is 0 Å². The van der Waals surface area contributed by atoms with Crippen LogP contribution in [0.2, 0.25) is 0 Å². The summed E-state index contributed by atoms with van der Waals surface area (Å²) in [5.74, 6) is 7.57. The largest absolute Gasteiger partial charge is 0.370 e. The number of piperazine rings is 1. The Morgan fingerprint density at radius 3 is 2.73 bits per heavy atom. The fraction of sp³-hybridized carbons (Fsp3) is 0.533. The van der Waals surface area contributed by atoms with Crippen molar-refractivity contribution >= 4 is 11.5 Å². The topological polar surface area (TPSA) is 114 Å². The van der Waals surface area contributed by atoms with E-state index in [-0.39, 0.29) is 5.91 Å². The first-order valence-electron chi connectivity index (χ1n) is 14.6. The molecule has 2 aromatic rings. The molecule has 2 saturated carbocycles. The van der Waals surface area contributed by atoms with Gasteiger partial charge in [0.2, 0.25) is 0 Å². The molecule has 1 atom stereocenters. The summed E-state index contributed by atoms with van der Waals surface area (Å²) in [5.41, 5.74) is 3.39. The van der Waals surface area contributed by atoms with Gasteiger partial charge in [0, 0.05) is 61.9 Å². The zero-order valence-electron chi connectivity index (χ0n) is 23.2. The minimum absolute atomic E-state index is 0.0468. The molecule has 0 bridgehead atoms. The second-order valence-electron chi connectivity index (χ2n) is 11.5. The highest BCUT2D eigenvalue weighted by atomic mass is 16.5. The van der Waals surface area contributed by atoms with Gasteiger partial charge < -0.3 is 14.2 Å². The molecule has 2 aromatic heterocycles. The third-order valence-corrected chi connectivity index (χ3v) is 8.77. The number of carbonyl (C=O) groups excluding carboxylic acids is 1. The van der Waals surface area contributed by atoms with Crippen molar-refractivity contribution < 1.29 is 14.1 Å². The van der Waals surface area contributed by atoms with E-state index in [0.717, 1.165) is 61.6 Å². The number of hydrogen-bond acceptors (Lipinski definition) is 9. The first kappa shape index (κ1) is 26.9. The van der Waals surface area contributed by atoms with Crippen LogP contribution in [0.5, 0.6) is 0 Å². The lowest BCUT2D eigenvalue weighted by atomic mass is 9.76. The van der Waals surface area contributed by atoms with E-state index in [1.165, 1.54) is 31.9 Å². The van der Waals surface area contributed by atoms with E-state index in [1.54, 1.807) is 11.1 Å². The van der Waals surface area contributed by atoms with Crippen molar-refractivity contribution in [2.75, 3.05) is 19.6 Å². The van der Waals surface area contributed by atoms with Crippen LogP contribution in [0.1, 0.15) is 73.7 Å². The summed E-state index contributed by atoms with van der Waals surface area (Å²) in [6.45, 7) is 5.02. The molecular formula is C30H39N7O3. The third-order valence-electron chi connectivity index (χ3n) is 8.77. The second-order valence-corrected chi connectivity index (χ2v) is 11.5. The predicted octanol–water partition coefficient (Wildman–Crippen LogP) is 3.91. The Bertz CT molecular complexity index is 1240. The smallest absolute Gasteiger partial charge is 0.276 e. The molecular weight excluding hydrogens is 506 g/mol. The summed E-state index contributed by atoms with van der Waals surface area (Å²) in [6, 6.07) is 2.53. The number of allylic oxidation sites excluding steroid dienone is 4. The monoisotopic (exact) mass is 545 g/mol. The summed E-state index contributed by atoms with van der Waals surface area (Å²) in [7, 11) is 0. The van der Waals surface area contributed by atoms with Gasteiger partial charge in [0.05, 0.1) is 11.8 Å². The van der Waals surface area contributed by atoms with Crippen molar-refractivity contribution in [3.63, 3.8) is 0 Å². The number of ether oxygens (including phenoxy) is 1. The Kier molecular flexibility index (Phi) is 8.08. The molecule has 4 heterocycles. The fourth-order valence-electron chi connectivity index (χ4n) is 6.33. The summed E-state index contributed by atoms with van der Waals surface area (Å²) in [6.07, 6.45) is 21.9. The maximum Gasteiger partial charge on any atom is 0.276 e. The molecule has 212 valence electrons. The predicted molar refractivity (Wildman–Crippen MR) is 150 cm³/mol. The van der Waals surface area contributed by atoms with Gasteiger partial charge in [0.25, 0.3) is 5.91 Å². The van der Waals surface area contributed by atoms with Crippen molar-refractivity contribution in [2.45, 2.75) is 76.7 Å². The van der Waals surface area contributed by atoms with Crippen LogP contribution >= 0.6 is 0 Å². The second kappa shape index (κ2) is 12.0. The fourth-order valence-corrected chi connectivity index (χ4v) is 6.33. The van der Waals surface area contributed by atoms with Crippen molar-refractivity contribution in [2.24, 2.45) is 11.8 Å². The zero-order valence-corrected chi connectivity index (χ0v) is 23.2. The number of amides is 1. The number of rotatable bonds is 8. The average molecular weight is 546 g/mol. The molecule has 1 unspecified atom stereocenters. The van der Waals surface area contributed by atoms with E-state index in [2.05, 4.69) is 39.1 Å². The molecule has 1 saturated heterocycles. The standard InChI is InChI=1S/C30H39N7O3/c1-21-19-35(30(38)28-9-13-40-34-28)11-12-36(21)26-14-22(15-26)6-7-25-16-23(8-10-37(25)31)24-17-32-29(33-18-24)20-39-27-4-2-3-5-27/h7-10,13,16-18,21-22,26-27H,2-6,11-12,14-15,19-20,31H2,1H3/b25-7-. The highest BCUT2D eigenvalue weighted by Crippen LogP contribution is 2.37. The molecule has 2 aliphatic heterocycles. The molecule has 10 nitrogen and oxygen atoms in total. The van der Waals surface area contributed by atoms with Crippen LogP contribution in [0.25, 0.3) is 5.57 Å². The Labute approximate surface area is 235 Å². The van der Waals surface area contributed by atoms with E-state index in [9.17, 15) is 4.79 Å². The van der Waals surface area contributed by atoms with Gasteiger partial charge in [-0.1, -0.05) is 24.1 Å². The average Bonchev–Trinajstić information content (AvgIpc) is 3.68. The quantitative estimate of drug-likeness (QED) is 0.493. The van der Waals surface area contributed by atoms with Gasteiger partial charge in [0.15, 0.2) is 11.5 Å². The van der Waals surface area contributed by atoms with Gasteiger partial charge in [-0.3, -0.25) is 14.7 Å². The zero-order chi connectivity index (χ0) is 27.5. The lowest BCUT2D eigenvalue weighted by Crippen LogP contribution is -2.59. The molecule has 6 rings (SSSR count). The van der Waals surface area contributed by atoms with Crippen molar-refractivity contribution in [3.8, 4) is 0 Å². The number of hydrogen-bond donors (Lipinski definition) is 1. The van der Waals surface area contributed by atoms with Gasteiger partial charge in [0.1, 0.15) is 12.9 Å².